The van der Waals surface area contributed by atoms with Gasteiger partial charge in [-0.15, -0.1) is 0 Å². The topological polar surface area (TPSA) is 108 Å². The minimum atomic E-state index is -2.49. The van der Waals surface area contributed by atoms with Crippen LogP contribution in [-0.2, 0) is 33.0 Å². The maximum absolute atomic E-state index is 15.2. The summed E-state index contributed by atoms with van der Waals surface area (Å²) in [6.07, 6.45) is -0.496. The van der Waals surface area contributed by atoms with E-state index in [0.29, 0.717) is 24.3 Å². The van der Waals surface area contributed by atoms with E-state index in [-0.39, 0.29) is 48.8 Å². The molecule has 2 aliphatic rings. The molecule has 9 nitrogen and oxygen atoms in total. The largest absolute Gasteiger partial charge is 0.497 e. The number of carbonyl (C=O) groups is 3. The third-order valence-electron chi connectivity index (χ3n) is 11.6. The summed E-state index contributed by atoms with van der Waals surface area (Å²) in [7, 11) is -0.844. The molecule has 0 unspecified atom stereocenters. The van der Waals surface area contributed by atoms with Crippen LogP contribution < -0.4 is 20.1 Å². The lowest BCUT2D eigenvalue weighted by Crippen LogP contribution is -2.52. The smallest absolute Gasteiger partial charge is 0.264 e. The maximum atomic E-state index is 15.2. The number of anilines is 2. The van der Waals surface area contributed by atoms with E-state index in [2.05, 4.69) is 37.5 Å². The van der Waals surface area contributed by atoms with Gasteiger partial charge in [0.05, 0.1) is 46.5 Å². The first-order valence-electron chi connectivity index (χ1n) is 19.2. The fraction of sp³-hybridized carbons (Fsp3) is 0.283. The van der Waals surface area contributed by atoms with Crippen LogP contribution in [0.3, 0.4) is 0 Å². The molecule has 3 amide bonds. The zero-order valence-corrected chi connectivity index (χ0v) is 33.4. The van der Waals surface area contributed by atoms with Crippen LogP contribution in [0.15, 0.2) is 133 Å². The molecule has 0 saturated carbocycles. The van der Waals surface area contributed by atoms with Crippen molar-refractivity contribution in [3.8, 4) is 5.75 Å². The van der Waals surface area contributed by atoms with Crippen LogP contribution >= 0.6 is 0 Å². The van der Waals surface area contributed by atoms with Gasteiger partial charge in [0.15, 0.2) is 5.60 Å². The fourth-order valence-corrected chi connectivity index (χ4v) is 12.8. The fourth-order valence-electron chi connectivity index (χ4n) is 8.81. The van der Waals surface area contributed by atoms with Gasteiger partial charge in [0.25, 0.3) is 11.8 Å². The lowest BCUT2D eigenvalue weighted by Gasteiger charge is -2.37. The number of fused-ring (bicyclic) bond motifs is 2. The van der Waals surface area contributed by atoms with Gasteiger partial charge in [-0.25, -0.2) is 0 Å². The van der Waals surface area contributed by atoms with Crippen LogP contribution in [0.5, 0.6) is 5.75 Å². The van der Waals surface area contributed by atoms with E-state index in [1.54, 1.807) is 29.0 Å². The summed E-state index contributed by atoms with van der Waals surface area (Å²) in [4.78, 5) is 45.8. The molecule has 10 heteroatoms. The molecule has 5 aromatic carbocycles. The highest BCUT2D eigenvalue weighted by Crippen LogP contribution is 2.60. The number of hydrogen-bond acceptors (Lipinski definition) is 6. The van der Waals surface area contributed by atoms with Crippen molar-refractivity contribution in [3.63, 3.8) is 0 Å². The number of nitrogens with one attached hydrogen (secondary N) is 1. The van der Waals surface area contributed by atoms with Gasteiger partial charge in [-0.2, -0.15) is 0 Å². The van der Waals surface area contributed by atoms with Gasteiger partial charge >= 0.3 is 0 Å². The molecule has 0 aliphatic carbocycles. The van der Waals surface area contributed by atoms with Crippen LogP contribution in [0.1, 0.15) is 40.4 Å². The highest BCUT2D eigenvalue weighted by molar-refractivity contribution is 6.91. The number of benzene rings is 5. The van der Waals surface area contributed by atoms with E-state index in [1.165, 1.54) is 5.19 Å². The van der Waals surface area contributed by atoms with Crippen molar-refractivity contribution in [1.82, 2.24) is 4.90 Å². The van der Waals surface area contributed by atoms with Crippen molar-refractivity contribution in [2.75, 3.05) is 30.5 Å². The van der Waals surface area contributed by atoms with Crippen molar-refractivity contribution in [2.24, 2.45) is 5.92 Å². The molecule has 1 fully saturated rings. The van der Waals surface area contributed by atoms with Gasteiger partial charge in [0.1, 0.15) is 5.75 Å². The zero-order chi connectivity index (χ0) is 39.5. The summed E-state index contributed by atoms with van der Waals surface area (Å²) < 4.78 is 12.7. The Bertz CT molecular complexity index is 2160. The number of methoxy groups -OCH3 is 1. The van der Waals surface area contributed by atoms with Crippen molar-refractivity contribution >= 4 is 42.4 Å². The summed E-state index contributed by atoms with van der Waals surface area (Å²) >= 11 is 0. The summed E-state index contributed by atoms with van der Waals surface area (Å²) in [5.41, 5.74) is 3.24. The molecule has 288 valence electrons. The SMILES string of the molecule is COc1ccc([Si](C)(C)[C@@H]2[C@@H](CC(=O)N(CCO)Cc3ccccc3)O[C@]3(C(=O)N(Cc4ccc(NC(=O)c5ccccc5)cc4)c4ccccc43)[C@H]2C)cc1. The Morgan fingerprint density at radius 3 is 2.16 bits per heavy atom. The monoisotopic (exact) mass is 767 g/mol. The zero-order valence-electron chi connectivity index (χ0n) is 32.4. The molecule has 1 saturated heterocycles. The number of carbonyl (C=O) groups excluding carboxylic acids is 3. The molecule has 56 heavy (non-hydrogen) atoms. The van der Waals surface area contributed by atoms with E-state index >= 15 is 4.79 Å². The Kier molecular flexibility index (Phi) is 11.2. The predicted molar refractivity (Wildman–Crippen MR) is 222 cm³/mol. The van der Waals surface area contributed by atoms with Crippen molar-refractivity contribution in [3.05, 3.63) is 156 Å². The minimum Gasteiger partial charge on any atom is -0.497 e. The number of rotatable bonds is 13. The second-order valence-electron chi connectivity index (χ2n) is 15.3. The first-order chi connectivity index (χ1) is 27.1. The summed E-state index contributed by atoms with van der Waals surface area (Å²) in [5.74, 6) is 0.0128. The average Bonchev–Trinajstić information content (AvgIpc) is 3.65. The molecule has 2 aliphatic heterocycles. The number of nitrogens with zero attached hydrogens (tertiary/aromatic N) is 2. The molecule has 0 aromatic heterocycles. The highest BCUT2D eigenvalue weighted by atomic mass is 28.3. The highest BCUT2D eigenvalue weighted by Gasteiger charge is 2.66. The van der Waals surface area contributed by atoms with E-state index in [1.807, 2.05) is 109 Å². The minimum absolute atomic E-state index is 0.0712. The molecule has 7 rings (SSSR count). The van der Waals surface area contributed by atoms with Crippen molar-refractivity contribution in [1.29, 1.82) is 0 Å². The Morgan fingerprint density at radius 1 is 0.857 bits per heavy atom. The first-order valence-corrected chi connectivity index (χ1v) is 22.3. The summed E-state index contributed by atoms with van der Waals surface area (Å²) in [6.45, 7) is 7.40. The number of amides is 3. The molecular weight excluding hydrogens is 719 g/mol. The first kappa shape index (κ1) is 38.7. The van der Waals surface area contributed by atoms with E-state index in [0.717, 1.165) is 28.1 Å². The quantitative estimate of drug-likeness (QED) is 0.124. The number of para-hydroxylation sites is 1. The lowest BCUT2D eigenvalue weighted by molar-refractivity contribution is -0.150. The van der Waals surface area contributed by atoms with E-state index < -0.39 is 19.8 Å². The number of aliphatic hydroxyl groups is 1. The Morgan fingerprint density at radius 2 is 1.50 bits per heavy atom. The van der Waals surface area contributed by atoms with Gasteiger partial charge in [0, 0.05) is 35.8 Å². The average molecular weight is 768 g/mol. The van der Waals surface area contributed by atoms with E-state index in [4.69, 9.17) is 9.47 Å². The number of aliphatic hydroxyl groups excluding tert-OH is 1. The molecule has 4 atom stereocenters. The Hall–Kier alpha value is -5.55. The van der Waals surface area contributed by atoms with Crippen LogP contribution in [0.4, 0.5) is 11.4 Å². The van der Waals surface area contributed by atoms with Crippen LogP contribution in [0, 0.1) is 5.92 Å². The predicted octanol–water partition coefficient (Wildman–Crippen LogP) is 7.12. The summed E-state index contributed by atoms with van der Waals surface area (Å²) in [5, 5.41) is 14.1. The Labute approximate surface area is 329 Å². The van der Waals surface area contributed by atoms with Gasteiger partial charge in [0.2, 0.25) is 5.91 Å². The molecule has 0 radical (unpaired) electrons. The normalized spacial score (nSPS) is 20.2. The molecule has 0 bridgehead atoms. The van der Waals surface area contributed by atoms with Crippen LogP contribution in [0.25, 0.3) is 0 Å². The van der Waals surface area contributed by atoms with Crippen molar-refractivity contribution < 1.29 is 29.0 Å². The van der Waals surface area contributed by atoms with Gasteiger partial charge in [-0.3, -0.25) is 14.4 Å². The third kappa shape index (κ3) is 7.39. The second-order valence-corrected chi connectivity index (χ2v) is 20.0. The summed E-state index contributed by atoms with van der Waals surface area (Å²) in [6, 6.07) is 42.4. The third-order valence-corrected chi connectivity index (χ3v) is 16.0. The molecule has 2 N–H and O–H groups in total. The second kappa shape index (κ2) is 16.3. The number of hydrogen-bond donors (Lipinski definition) is 2. The van der Waals surface area contributed by atoms with Gasteiger partial charge in [-0.05, 0) is 59.1 Å². The maximum Gasteiger partial charge on any atom is 0.264 e. The van der Waals surface area contributed by atoms with E-state index in [9.17, 15) is 14.7 Å². The molecule has 5 aromatic rings. The standard InChI is InChI=1S/C46H49N3O6Si/c1-32-43(56(3,4)38-25-23-37(54-2)24-26-38)41(29-42(51)48(27-28-50)30-33-13-7-5-8-14-33)55-46(32)39-17-11-12-18-40(39)49(45(46)53)31-34-19-21-36(22-20-34)47-44(52)35-15-9-6-10-16-35/h5-26,32,41,43,50H,27-31H2,1-4H3,(H,47,52)/t32-,41+,43-,46+/m0/s1. The van der Waals surface area contributed by atoms with Crippen molar-refractivity contribution in [2.45, 2.75) is 56.8 Å². The van der Waals surface area contributed by atoms with Gasteiger partial charge in [-0.1, -0.05) is 116 Å². The molecule has 1 spiro atoms. The van der Waals surface area contributed by atoms with Crippen LogP contribution in [0.2, 0.25) is 18.6 Å². The van der Waals surface area contributed by atoms with Gasteiger partial charge < -0.3 is 29.7 Å². The molecular formula is C46H49N3O6Si. The Balaban J connectivity index is 1.21. The number of ether oxygens (including phenoxy) is 2. The lowest BCUT2D eigenvalue weighted by atomic mass is 9.82. The molecule has 2 heterocycles. The van der Waals surface area contributed by atoms with Crippen LogP contribution in [-0.4, -0.2) is 62.2 Å².